The molecule has 23 heavy (non-hydrogen) atoms. The zero-order chi connectivity index (χ0) is 16.3. The highest BCUT2D eigenvalue weighted by molar-refractivity contribution is 7.98. The van der Waals surface area contributed by atoms with Gasteiger partial charge in [-0.1, -0.05) is 56.8 Å². The van der Waals surface area contributed by atoms with E-state index in [4.69, 9.17) is 4.42 Å². The standard InChI is InChI=1S/C18H19N3OS/c1-18(2,3)15-8-6-13(7-9-15)12-23-17-21-20-16(22-17)14-5-4-10-19-11-14/h4-11H,12H2,1-3H3. The molecule has 0 saturated carbocycles. The summed E-state index contributed by atoms with van der Waals surface area (Å²) in [5, 5.41) is 8.72. The summed E-state index contributed by atoms with van der Waals surface area (Å²) in [4.78, 5) is 4.06. The molecule has 0 saturated heterocycles. The SMILES string of the molecule is CC(C)(C)c1ccc(CSc2nnc(-c3cccnc3)o2)cc1. The van der Waals surface area contributed by atoms with Crippen molar-refractivity contribution >= 4 is 11.8 Å². The second kappa shape index (κ2) is 6.54. The Hall–Kier alpha value is -2.14. The van der Waals surface area contributed by atoms with Crippen LogP contribution in [0.4, 0.5) is 0 Å². The van der Waals surface area contributed by atoms with Crippen LogP contribution in [0.5, 0.6) is 0 Å². The first-order valence-corrected chi connectivity index (χ1v) is 8.47. The molecule has 0 unspecified atom stereocenters. The summed E-state index contributed by atoms with van der Waals surface area (Å²) < 4.78 is 5.67. The molecule has 0 aliphatic carbocycles. The molecule has 0 bridgehead atoms. The molecular formula is C18H19N3OS. The Bertz CT molecular complexity index is 761. The molecule has 0 N–H and O–H groups in total. The lowest BCUT2D eigenvalue weighted by Gasteiger charge is -2.19. The van der Waals surface area contributed by atoms with E-state index in [-0.39, 0.29) is 5.41 Å². The second-order valence-corrected chi connectivity index (χ2v) is 7.28. The molecule has 3 aromatic rings. The predicted octanol–water partition coefficient (Wildman–Crippen LogP) is 4.72. The molecule has 0 amide bonds. The highest BCUT2D eigenvalue weighted by Crippen LogP contribution is 2.27. The third kappa shape index (κ3) is 3.99. The van der Waals surface area contributed by atoms with Crippen LogP contribution < -0.4 is 0 Å². The average molecular weight is 325 g/mol. The number of benzene rings is 1. The molecular weight excluding hydrogens is 306 g/mol. The Morgan fingerprint density at radius 2 is 1.83 bits per heavy atom. The highest BCUT2D eigenvalue weighted by atomic mass is 32.2. The quantitative estimate of drug-likeness (QED) is 0.650. The van der Waals surface area contributed by atoms with Crippen molar-refractivity contribution in [3.05, 3.63) is 59.9 Å². The van der Waals surface area contributed by atoms with Gasteiger partial charge >= 0.3 is 0 Å². The molecule has 4 nitrogen and oxygen atoms in total. The molecule has 1 aromatic carbocycles. The summed E-state index contributed by atoms with van der Waals surface area (Å²) in [6.45, 7) is 6.65. The fraction of sp³-hybridized carbons (Fsp3) is 0.278. The van der Waals surface area contributed by atoms with Gasteiger partial charge in [0.1, 0.15) is 0 Å². The number of aromatic nitrogens is 3. The van der Waals surface area contributed by atoms with Crippen LogP contribution in [0.15, 0.2) is 58.4 Å². The smallest absolute Gasteiger partial charge is 0.277 e. The van der Waals surface area contributed by atoms with E-state index < -0.39 is 0 Å². The molecule has 0 aliphatic heterocycles. The highest BCUT2D eigenvalue weighted by Gasteiger charge is 2.13. The van der Waals surface area contributed by atoms with Gasteiger partial charge in [-0.15, -0.1) is 10.2 Å². The Kier molecular flexibility index (Phi) is 4.48. The zero-order valence-electron chi connectivity index (χ0n) is 13.5. The normalized spacial score (nSPS) is 11.6. The summed E-state index contributed by atoms with van der Waals surface area (Å²) in [6, 6.07) is 12.4. The van der Waals surface area contributed by atoms with E-state index in [1.54, 1.807) is 24.2 Å². The Morgan fingerprint density at radius 3 is 2.48 bits per heavy atom. The van der Waals surface area contributed by atoms with E-state index in [1.807, 2.05) is 12.1 Å². The van der Waals surface area contributed by atoms with E-state index in [2.05, 4.69) is 60.2 Å². The molecule has 2 heterocycles. The minimum Gasteiger partial charge on any atom is -0.411 e. The lowest BCUT2D eigenvalue weighted by Crippen LogP contribution is -2.10. The molecule has 0 aliphatic rings. The van der Waals surface area contributed by atoms with Gasteiger partial charge in [-0.3, -0.25) is 4.98 Å². The van der Waals surface area contributed by atoms with E-state index in [0.717, 1.165) is 11.3 Å². The van der Waals surface area contributed by atoms with Gasteiger partial charge in [-0.05, 0) is 28.7 Å². The lowest BCUT2D eigenvalue weighted by atomic mass is 9.87. The van der Waals surface area contributed by atoms with Crippen LogP contribution in [0.1, 0.15) is 31.9 Å². The van der Waals surface area contributed by atoms with Crippen molar-refractivity contribution in [3.8, 4) is 11.5 Å². The van der Waals surface area contributed by atoms with Crippen molar-refractivity contribution in [2.45, 2.75) is 37.2 Å². The molecule has 2 aromatic heterocycles. The molecule has 0 fully saturated rings. The van der Waals surface area contributed by atoms with E-state index in [1.165, 1.54) is 11.1 Å². The summed E-state index contributed by atoms with van der Waals surface area (Å²) in [5.41, 5.74) is 3.59. The third-order valence-electron chi connectivity index (χ3n) is 3.50. The molecule has 5 heteroatoms. The number of thioether (sulfide) groups is 1. The van der Waals surface area contributed by atoms with Crippen LogP contribution in [0.2, 0.25) is 0 Å². The number of nitrogens with zero attached hydrogens (tertiary/aromatic N) is 3. The topological polar surface area (TPSA) is 51.8 Å². The van der Waals surface area contributed by atoms with Crippen molar-refractivity contribution in [1.82, 2.24) is 15.2 Å². The molecule has 3 rings (SSSR count). The number of rotatable bonds is 4. The summed E-state index contributed by atoms with van der Waals surface area (Å²) in [6.07, 6.45) is 3.43. The van der Waals surface area contributed by atoms with Crippen molar-refractivity contribution in [2.75, 3.05) is 0 Å². The van der Waals surface area contributed by atoms with Crippen molar-refractivity contribution in [1.29, 1.82) is 0 Å². The van der Waals surface area contributed by atoms with Crippen LogP contribution in [0, 0.1) is 0 Å². The lowest BCUT2D eigenvalue weighted by molar-refractivity contribution is 0.465. The van der Waals surface area contributed by atoms with Gasteiger partial charge in [0, 0.05) is 18.1 Å². The number of pyridine rings is 1. The molecule has 0 atom stereocenters. The van der Waals surface area contributed by atoms with Gasteiger partial charge in [0.25, 0.3) is 5.22 Å². The van der Waals surface area contributed by atoms with Crippen LogP contribution in [-0.2, 0) is 11.2 Å². The maximum absolute atomic E-state index is 5.67. The Morgan fingerprint density at radius 1 is 1.04 bits per heavy atom. The monoisotopic (exact) mass is 325 g/mol. The van der Waals surface area contributed by atoms with Gasteiger partial charge < -0.3 is 4.42 Å². The Balaban J connectivity index is 1.64. The fourth-order valence-electron chi connectivity index (χ4n) is 2.12. The third-order valence-corrected chi connectivity index (χ3v) is 4.39. The van der Waals surface area contributed by atoms with Gasteiger partial charge in [-0.2, -0.15) is 0 Å². The van der Waals surface area contributed by atoms with Crippen molar-refractivity contribution in [2.24, 2.45) is 0 Å². The Labute approximate surface area is 140 Å². The first-order chi connectivity index (χ1) is 11.0. The average Bonchev–Trinajstić information content (AvgIpc) is 3.02. The van der Waals surface area contributed by atoms with E-state index in [9.17, 15) is 0 Å². The molecule has 0 radical (unpaired) electrons. The van der Waals surface area contributed by atoms with Gasteiger partial charge in [-0.25, -0.2) is 0 Å². The van der Waals surface area contributed by atoms with Crippen molar-refractivity contribution < 1.29 is 4.42 Å². The number of hydrogen-bond donors (Lipinski definition) is 0. The molecule has 0 spiro atoms. The van der Waals surface area contributed by atoms with Crippen LogP contribution in [0.25, 0.3) is 11.5 Å². The fourth-order valence-corrected chi connectivity index (χ4v) is 2.84. The number of hydrogen-bond acceptors (Lipinski definition) is 5. The predicted molar refractivity (Wildman–Crippen MR) is 92.2 cm³/mol. The van der Waals surface area contributed by atoms with Gasteiger partial charge in [0.2, 0.25) is 5.89 Å². The second-order valence-electron chi connectivity index (χ2n) is 6.35. The first kappa shape index (κ1) is 15.7. The van der Waals surface area contributed by atoms with Crippen LogP contribution >= 0.6 is 11.8 Å². The largest absolute Gasteiger partial charge is 0.411 e. The first-order valence-electron chi connectivity index (χ1n) is 7.48. The van der Waals surface area contributed by atoms with Crippen molar-refractivity contribution in [3.63, 3.8) is 0 Å². The van der Waals surface area contributed by atoms with E-state index in [0.29, 0.717) is 11.1 Å². The minimum absolute atomic E-state index is 0.177. The maximum Gasteiger partial charge on any atom is 0.277 e. The maximum atomic E-state index is 5.67. The summed E-state index contributed by atoms with van der Waals surface area (Å²) in [5.74, 6) is 1.31. The van der Waals surface area contributed by atoms with Gasteiger partial charge in [0.05, 0.1) is 5.56 Å². The van der Waals surface area contributed by atoms with Crippen LogP contribution in [0.3, 0.4) is 0 Å². The van der Waals surface area contributed by atoms with E-state index >= 15 is 0 Å². The summed E-state index contributed by atoms with van der Waals surface area (Å²) in [7, 11) is 0. The van der Waals surface area contributed by atoms with Gasteiger partial charge in [0.15, 0.2) is 0 Å². The van der Waals surface area contributed by atoms with Crippen LogP contribution in [-0.4, -0.2) is 15.2 Å². The minimum atomic E-state index is 0.177. The summed E-state index contributed by atoms with van der Waals surface area (Å²) >= 11 is 1.54. The molecule has 118 valence electrons. The zero-order valence-corrected chi connectivity index (χ0v) is 14.3.